The molecular weight excluding hydrogens is 677 g/mol. The van der Waals surface area contributed by atoms with E-state index >= 15 is 4.39 Å². The van der Waals surface area contributed by atoms with E-state index in [1.165, 1.54) is 32.1 Å². The predicted octanol–water partition coefficient (Wildman–Crippen LogP) is 1.39. The molecule has 12 unspecified atom stereocenters. The van der Waals surface area contributed by atoms with Gasteiger partial charge in [-0.25, -0.2) is 4.39 Å². The van der Waals surface area contributed by atoms with Crippen molar-refractivity contribution in [2.45, 2.75) is 131 Å². The molecule has 13 heteroatoms. The summed E-state index contributed by atoms with van der Waals surface area (Å²) in [6, 6.07) is -0.332. The lowest BCUT2D eigenvalue weighted by Crippen LogP contribution is -2.73. The average molecular weight is 740 g/mol. The largest absolute Gasteiger partial charge is 0.374 e. The first-order valence-electron chi connectivity index (χ1n) is 21.1. The van der Waals surface area contributed by atoms with Crippen LogP contribution in [0.25, 0.3) is 0 Å². The van der Waals surface area contributed by atoms with Crippen LogP contribution in [0.1, 0.15) is 70.6 Å². The number of ether oxygens (including phenoxy) is 2. The molecule has 5 saturated heterocycles. The highest BCUT2D eigenvalue weighted by atomic mass is 19.1. The van der Waals surface area contributed by atoms with Gasteiger partial charge in [-0.05, 0) is 96.8 Å². The van der Waals surface area contributed by atoms with Crippen LogP contribution in [0.3, 0.4) is 0 Å². The number of morpholine rings is 1. The first-order valence-corrected chi connectivity index (χ1v) is 21.1. The molecule has 0 aromatic heterocycles. The summed E-state index contributed by atoms with van der Waals surface area (Å²) in [5, 5.41) is 6.55. The summed E-state index contributed by atoms with van der Waals surface area (Å²) in [5.41, 5.74) is 0.219. The van der Waals surface area contributed by atoms with Crippen LogP contribution in [0.2, 0.25) is 0 Å². The first kappa shape index (κ1) is 36.5. The first-order chi connectivity index (χ1) is 25.7. The number of Topliss-reactive ketones (excluding diaryl/α,β-unsaturated/α-hetero) is 1. The smallest absolute Gasteiger partial charge is 0.259 e. The highest BCUT2D eigenvalue weighted by molar-refractivity contribution is 6.20. The number of likely N-dealkylation sites (tertiary alicyclic amines) is 2. The SMILES string of the molecule is CN1CCN(C(=O)C2=CN3C4CC5OC6CCCCC6C5CC4OC4C(N5CC[C@@H](NC(=O)CNCCC6CCCN6C)C5)C(F)CC(C2=O)C43)CC1. The Morgan fingerprint density at radius 1 is 0.868 bits per heavy atom. The quantitative estimate of drug-likeness (QED) is 0.280. The van der Waals surface area contributed by atoms with Gasteiger partial charge in [0, 0.05) is 63.5 Å². The van der Waals surface area contributed by atoms with E-state index in [0.717, 1.165) is 58.3 Å². The molecule has 13 atom stereocenters. The monoisotopic (exact) mass is 739 g/mol. The van der Waals surface area contributed by atoms with Crippen molar-refractivity contribution in [2.75, 3.05) is 73.0 Å². The number of ketones is 1. The Kier molecular flexibility index (Phi) is 10.4. The van der Waals surface area contributed by atoms with E-state index in [1.807, 2.05) is 18.1 Å². The number of rotatable bonds is 8. The predicted molar refractivity (Wildman–Crippen MR) is 197 cm³/mol. The summed E-state index contributed by atoms with van der Waals surface area (Å²) in [5.74, 6) is -0.112. The van der Waals surface area contributed by atoms with Crippen LogP contribution < -0.4 is 10.6 Å². The van der Waals surface area contributed by atoms with E-state index in [0.29, 0.717) is 50.2 Å². The van der Waals surface area contributed by atoms with E-state index in [2.05, 4.69) is 37.3 Å². The van der Waals surface area contributed by atoms with Crippen molar-refractivity contribution in [3.8, 4) is 0 Å². The van der Waals surface area contributed by atoms with Gasteiger partial charge >= 0.3 is 0 Å². The second kappa shape index (κ2) is 15.1. The fourth-order valence-electron chi connectivity index (χ4n) is 12.2. The average Bonchev–Trinajstić information content (AvgIpc) is 3.88. The number of hydrogen-bond acceptors (Lipinski definition) is 10. The second-order valence-corrected chi connectivity index (χ2v) is 18.1. The Hall–Kier alpha value is -2.16. The lowest BCUT2D eigenvalue weighted by Gasteiger charge is -2.61. The molecule has 0 radical (unpaired) electrons. The topological polar surface area (TPSA) is 110 Å². The molecule has 6 aliphatic heterocycles. The number of halogens is 1. The summed E-state index contributed by atoms with van der Waals surface area (Å²) in [6.45, 7) is 6.19. The van der Waals surface area contributed by atoms with Gasteiger partial charge in [-0.1, -0.05) is 12.8 Å². The van der Waals surface area contributed by atoms with Gasteiger partial charge in [-0.3, -0.25) is 19.3 Å². The van der Waals surface area contributed by atoms with Crippen LogP contribution in [0.5, 0.6) is 0 Å². The summed E-state index contributed by atoms with van der Waals surface area (Å²) in [7, 11) is 4.23. The molecule has 6 heterocycles. The van der Waals surface area contributed by atoms with E-state index in [1.54, 1.807) is 0 Å². The normalized spacial score (nSPS) is 43.2. The van der Waals surface area contributed by atoms with Crippen molar-refractivity contribution >= 4 is 17.6 Å². The molecule has 0 aromatic carbocycles. The molecular formula is C40H62FN7O5. The van der Waals surface area contributed by atoms with Gasteiger partial charge in [-0.15, -0.1) is 0 Å². The summed E-state index contributed by atoms with van der Waals surface area (Å²) in [6.07, 6.45) is 11.3. The standard InChI is InChI=1S/C40H62FN7O5/c1-44-14-16-46(17-15-44)40(51)29-23-48-31-20-33-27(26-7-3-4-8-32(26)52-33)19-34(31)53-39-36(48)28(38(29)50)18-30(41)37(39)47-13-10-24(22-47)43-35(49)21-42-11-9-25-6-5-12-45(25)2/h23-28,30-34,36-37,39,42H,3-22H2,1-2H3,(H,43,49)/t24-,25?,26?,27?,28?,30?,31?,32?,33?,34?,36?,37?,39?/m1/s1. The Morgan fingerprint density at radius 2 is 1.70 bits per heavy atom. The van der Waals surface area contributed by atoms with Crippen molar-refractivity contribution in [1.29, 1.82) is 0 Å². The molecule has 12 nitrogen and oxygen atoms in total. The zero-order valence-electron chi connectivity index (χ0n) is 31.9. The zero-order chi connectivity index (χ0) is 36.4. The Labute approximate surface area is 314 Å². The molecule has 8 fully saturated rings. The number of carbonyl (C=O) groups is 3. The second-order valence-electron chi connectivity index (χ2n) is 18.1. The molecule has 294 valence electrons. The highest BCUT2D eigenvalue weighted by Crippen LogP contribution is 2.53. The van der Waals surface area contributed by atoms with Crippen molar-refractivity contribution < 1.29 is 28.2 Å². The van der Waals surface area contributed by atoms with Crippen molar-refractivity contribution in [2.24, 2.45) is 17.8 Å². The minimum absolute atomic E-state index is 0.0165. The number of nitrogens with zero attached hydrogens (tertiary/aromatic N) is 5. The Balaban J connectivity index is 0.922. The molecule has 9 aliphatic rings. The van der Waals surface area contributed by atoms with Gasteiger partial charge in [0.25, 0.3) is 5.91 Å². The maximum Gasteiger partial charge on any atom is 0.259 e. The number of nitrogens with one attached hydrogen (secondary N) is 2. The number of fused-ring (bicyclic) bond motifs is 5. The maximum atomic E-state index is 16.8. The summed E-state index contributed by atoms with van der Waals surface area (Å²) < 4.78 is 30.7. The lowest BCUT2D eigenvalue weighted by molar-refractivity contribution is -0.220. The van der Waals surface area contributed by atoms with Crippen molar-refractivity contribution in [1.82, 2.24) is 35.1 Å². The van der Waals surface area contributed by atoms with E-state index in [4.69, 9.17) is 9.47 Å². The molecule has 0 aromatic rings. The van der Waals surface area contributed by atoms with E-state index < -0.39 is 24.2 Å². The molecule has 2 N–H and O–H groups in total. The molecule has 3 aliphatic carbocycles. The van der Waals surface area contributed by atoms with Crippen LogP contribution in [0.4, 0.5) is 4.39 Å². The van der Waals surface area contributed by atoms with Crippen LogP contribution in [0.15, 0.2) is 11.8 Å². The number of hydrogen-bond donors (Lipinski definition) is 2. The molecule has 0 bridgehead atoms. The van der Waals surface area contributed by atoms with Crippen LogP contribution in [0, 0.1) is 17.8 Å². The molecule has 2 amide bonds. The molecule has 9 rings (SSSR count). The zero-order valence-corrected chi connectivity index (χ0v) is 31.9. The molecule has 3 saturated carbocycles. The fourth-order valence-corrected chi connectivity index (χ4v) is 12.2. The number of amides is 2. The number of likely N-dealkylation sites (N-methyl/N-ethyl adjacent to an activating group) is 1. The summed E-state index contributed by atoms with van der Waals surface area (Å²) in [4.78, 5) is 52.3. The van der Waals surface area contributed by atoms with Crippen molar-refractivity contribution in [3.05, 3.63) is 11.8 Å². The minimum atomic E-state index is -1.28. The van der Waals surface area contributed by atoms with Crippen LogP contribution in [-0.2, 0) is 23.9 Å². The molecule has 0 spiro atoms. The summed E-state index contributed by atoms with van der Waals surface area (Å²) >= 11 is 0. The maximum absolute atomic E-state index is 16.8. The van der Waals surface area contributed by atoms with Gasteiger partial charge in [0.2, 0.25) is 5.91 Å². The van der Waals surface area contributed by atoms with E-state index in [9.17, 15) is 14.4 Å². The van der Waals surface area contributed by atoms with Crippen molar-refractivity contribution in [3.63, 3.8) is 0 Å². The highest BCUT2D eigenvalue weighted by Gasteiger charge is 2.62. The number of piperazine rings is 1. The lowest BCUT2D eigenvalue weighted by atomic mass is 9.67. The third kappa shape index (κ3) is 6.87. The number of carbonyl (C=O) groups excluding carboxylic acids is 3. The Morgan fingerprint density at radius 3 is 2.51 bits per heavy atom. The van der Waals surface area contributed by atoms with E-state index in [-0.39, 0.29) is 66.5 Å². The minimum Gasteiger partial charge on any atom is -0.374 e. The van der Waals surface area contributed by atoms with Gasteiger partial charge in [0.05, 0.1) is 54.7 Å². The third-order valence-electron chi connectivity index (χ3n) is 15.1. The van der Waals surface area contributed by atoms with Gasteiger partial charge in [-0.2, -0.15) is 0 Å². The van der Waals surface area contributed by atoms with Crippen LogP contribution >= 0.6 is 0 Å². The van der Waals surface area contributed by atoms with Crippen LogP contribution in [-0.4, -0.2) is 176 Å². The fraction of sp³-hybridized carbons (Fsp3) is 0.875. The Bertz CT molecular complexity index is 1430. The molecule has 53 heavy (non-hydrogen) atoms. The number of alkyl halides is 1. The van der Waals surface area contributed by atoms with Gasteiger partial charge in [0.15, 0.2) is 5.78 Å². The van der Waals surface area contributed by atoms with Gasteiger partial charge < -0.3 is 39.7 Å². The third-order valence-corrected chi connectivity index (χ3v) is 15.1. The van der Waals surface area contributed by atoms with Gasteiger partial charge in [0.1, 0.15) is 6.17 Å².